The largest absolute Gasteiger partial charge is 0.442 e. The standard InChI is InChI=1S/C18H22FN3O4/c1-11(23)20-8-15-10-22(18(25)26-15)14-3-4-16(17(19)7-14)13-5-6-21(9-13)12(2)24/h3-4,7,13,15H,5-6,8-10H2,1-2H3,(H,20,23)/t13?,15-/m0/s1. The predicted molar refractivity (Wildman–Crippen MR) is 92.3 cm³/mol. The number of hydrogen-bond donors (Lipinski definition) is 1. The van der Waals surface area contributed by atoms with E-state index in [1.54, 1.807) is 17.0 Å². The Bertz CT molecular complexity index is 739. The van der Waals surface area contributed by atoms with Crippen molar-refractivity contribution in [3.63, 3.8) is 0 Å². The number of carbonyl (C=O) groups excluding carboxylic acids is 3. The fraction of sp³-hybridized carbons (Fsp3) is 0.500. The van der Waals surface area contributed by atoms with E-state index >= 15 is 0 Å². The lowest BCUT2D eigenvalue weighted by molar-refractivity contribution is -0.127. The third kappa shape index (κ3) is 3.79. The lowest BCUT2D eigenvalue weighted by Gasteiger charge is -2.17. The molecular weight excluding hydrogens is 341 g/mol. The molecule has 2 aliphatic rings. The summed E-state index contributed by atoms with van der Waals surface area (Å²) in [5, 5.41) is 2.60. The Hall–Kier alpha value is -2.64. The zero-order valence-corrected chi connectivity index (χ0v) is 14.8. The zero-order chi connectivity index (χ0) is 18.8. The predicted octanol–water partition coefficient (Wildman–Crippen LogP) is 1.62. The molecule has 1 aromatic rings. The molecule has 0 spiro atoms. The van der Waals surface area contributed by atoms with Crippen LogP contribution in [0.15, 0.2) is 18.2 Å². The molecule has 1 unspecified atom stereocenters. The molecule has 2 atom stereocenters. The molecule has 140 valence electrons. The summed E-state index contributed by atoms with van der Waals surface area (Å²) in [6, 6.07) is 4.69. The fourth-order valence-electron chi connectivity index (χ4n) is 3.41. The lowest BCUT2D eigenvalue weighted by Crippen LogP contribution is -2.33. The van der Waals surface area contributed by atoms with Crippen LogP contribution in [-0.2, 0) is 14.3 Å². The van der Waals surface area contributed by atoms with Crippen molar-refractivity contribution in [3.8, 4) is 0 Å². The summed E-state index contributed by atoms with van der Waals surface area (Å²) in [4.78, 5) is 37.5. The summed E-state index contributed by atoms with van der Waals surface area (Å²) in [6.07, 6.45) is -0.301. The van der Waals surface area contributed by atoms with Crippen LogP contribution >= 0.6 is 0 Å². The molecule has 0 aliphatic carbocycles. The third-order valence-corrected chi connectivity index (χ3v) is 4.82. The van der Waals surface area contributed by atoms with Gasteiger partial charge in [-0.15, -0.1) is 0 Å². The van der Waals surface area contributed by atoms with Gasteiger partial charge in [-0.1, -0.05) is 6.07 Å². The van der Waals surface area contributed by atoms with Gasteiger partial charge in [0.1, 0.15) is 11.9 Å². The van der Waals surface area contributed by atoms with Crippen molar-refractivity contribution in [2.24, 2.45) is 0 Å². The summed E-state index contributed by atoms with van der Waals surface area (Å²) in [7, 11) is 0. The molecule has 0 aromatic heterocycles. The number of anilines is 1. The van der Waals surface area contributed by atoms with Gasteiger partial charge in [0.15, 0.2) is 0 Å². The maximum absolute atomic E-state index is 14.6. The van der Waals surface area contributed by atoms with Crippen LogP contribution in [0.1, 0.15) is 31.7 Å². The SMILES string of the molecule is CC(=O)NC[C@H]1CN(c2ccc(C3CCN(C(C)=O)C3)c(F)c2)C(=O)O1. The number of ether oxygens (including phenoxy) is 1. The number of rotatable bonds is 4. The van der Waals surface area contributed by atoms with Gasteiger partial charge < -0.3 is 15.0 Å². The molecule has 0 bridgehead atoms. The number of likely N-dealkylation sites (tertiary alicyclic amines) is 1. The molecule has 2 aliphatic heterocycles. The molecule has 0 saturated carbocycles. The lowest BCUT2D eigenvalue weighted by atomic mass is 9.97. The van der Waals surface area contributed by atoms with E-state index in [-0.39, 0.29) is 30.8 Å². The van der Waals surface area contributed by atoms with Gasteiger partial charge >= 0.3 is 6.09 Å². The van der Waals surface area contributed by atoms with Crippen LogP contribution in [0.4, 0.5) is 14.9 Å². The van der Waals surface area contributed by atoms with E-state index in [1.807, 2.05) is 0 Å². The van der Waals surface area contributed by atoms with Gasteiger partial charge in [-0.2, -0.15) is 0 Å². The first-order chi connectivity index (χ1) is 12.3. The van der Waals surface area contributed by atoms with Crippen LogP contribution in [0.3, 0.4) is 0 Å². The minimum atomic E-state index is -0.559. The summed E-state index contributed by atoms with van der Waals surface area (Å²) >= 11 is 0. The normalized spacial score (nSPS) is 22.5. The Morgan fingerprint density at radius 3 is 2.69 bits per heavy atom. The number of halogens is 1. The Kier molecular flexibility index (Phi) is 5.11. The van der Waals surface area contributed by atoms with Crippen molar-refractivity contribution in [2.45, 2.75) is 32.3 Å². The Labute approximate surface area is 151 Å². The highest BCUT2D eigenvalue weighted by Crippen LogP contribution is 2.32. The summed E-state index contributed by atoms with van der Waals surface area (Å²) in [6.45, 7) is 4.51. The van der Waals surface area contributed by atoms with E-state index in [4.69, 9.17) is 4.74 Å². The summed E-state index contributed by atoms with van der Waals surface area (Å²) in [5.74, 6) is -0.636. The monoisotopic (exact) mass is 363 g/mol. The van der Waals surface area contributed by atoms with E-state index < -0.39 is 18.0 Å². The number of hydrogen-bond acceptors (Lipinski definition) is 4. The Morgan fingerprint density at radius 1 is 1.31 bits per heavy atom. The smallest absolute Gasteiger partial charge is 0.414 e. The quantitative estimate of drug-likeness (QED) is 0.882. The minimum absolute atomic E-state index is 0.00504. The first-order valence-corrected chi connectivity index (χ1v) is 8.62. The molecule has 2 heterocycles. The van der Waals surface area contributed by atoms with E-state index in [2.05, 4.69) is 5.32 Å². The molecule has 1 N–H and O–H groups in total. The maximum atomic E-state index is 14.6. The maximum Gasteiger partial charge on any atom is 0.414 e. The summed E-state index contributed by atoms with van der Waals surface area (Å²) in [5.41, 5.74) is 0.975. The van der Waals surface area contributed by atoms with E-state index in [0.717, 1.165) is 6.42 Å². The van der Waals surface area contributed by atoms with Gasteiger partial charge in [0.05, 0.1) is 18.8 Å². The number of benzene rings is 1. The molecule has 1 aromatic carbocycles. The van der Waals surface area contributed by atoms with Crippen molar-refractivity contribution >= 4 is 23.6 Å². The minimum Gasteiger partial charge on any atom is -0.442 e. The average Bonchev–Trinajstić information content (AvgIpc) is 3.20. The number of nitrogens with one attached hydrogen (secondary N) is 1. The summed E-state index contributed by atoms with van der Waals surface area (Å²) < 4.78 is 19.8. The molecular formula is C18H22FN3O4. The van der Waals surface area contributed by atoms with Gasteiger partial charge in [0, 0.05) is 32.9 Å². The first kappa shape index (κ1) is 18.2. The van der Waals surface area contributed by atoms with Gasteiger partial charge in [0.25, 0.3) is 0 Å². The van der Waals surface area contributed by atoms with Crippen LogP contribution in [0, 0.1) is 5.82 Å². The van der Waals surface area contributed by atoms with Crippen molar-refractivity contribution in [1.82, 2.24) is 10.2 Å². The number of carbonyl (C=O) groups is 3. The van der Waals surface area contributed by atoms with Crippen LogP contribution in [-0.4, -0.2) is 55.1 Å². The second-order valence-corrected chi connectivity index (χ2v) is 6.71. The van der Waals surface area contributed by atoms with Gasteiger partial charge in [-0.25, -0.2) is 9.18 Å². The number of nitrogens with zero attached hydrogens (tertiary/aromatic N) is 2. The van der Waals surface area contributed by atoms with Crippen LogP contribution < -0.4 is 10.2 Å². The second-order valence-electron chi connectivity index (χ2n) is 6.71. The van der Waals surface area contributed by atoms with Crippen molar-refractivity contribution in [3.05, 3.63) is 29.6 Å². The first-order valence-electron chi connectivity index (χ1n) is 8.62. The zero-order valence-electron chi connectivity index (χ0n) is 14.8. The van der Waals surface area contributed by atoms with E-state index in [9.17, 15) is 18.8 Å². The van der Waals surface area contributed by atoms with Crippen molar-refractivity contribution < 1.29 is 23.5 Å². The Balaban J connectivity index is 1.69. The molecule has 2 fully saturated rings. The van der Waals surface area contributed by atoms with Crippen molar-refractivity contribution in [1.29, 1.82) is 0 Å². The molecule has 3 amide bonds. The molecule has 8 heteroatoms. The van der Waals surface area contributed by atoms with Gasteiger partial charge in [-0.3, -0.25) is 14.5 Å². The average molecular weight is 363 g/mol. The van der Waals surface area contributed by atoms with E-state index in [1.165, 1.54) is 24.8 Å². The van der Waals surface area contributed by atoms with Gasteiger partial charge in [0.2, 0.25) is 11.8 Å². The van der Waals surface area contributed by atoms with E-state index in [0.29, 0.717) is 24.3 Å². The van der Waals surface area contributed by atoms with Crippen molar-refractivity contribution in [2.75, 3.05) is 31.1 Å². The highest BCUT2D eigenvalue weighted by atomic mass is 19.1. The highest BCUT2D eigenvalue weighted by Gasteiger charge is 2.33. The van der Waals surface area contributed by atoms with Crippen LogP contribution in [0.5, 0.6) is 0 Å². The Morgan fingerprint density at radius 2 is 2.08 bits per heavy atom. The molecule has 2 saturated heterocycles. The molecule has 3 rings (SSSR count). The van der Waals surface area contributed by atoms with Crippen LogP contribution in [0.2, 0.25) is 0 Å². The molecule has 7 nitrogen and oxygen atoms in total. The fourth-order valence-corrected chi connectivity index (χ4v) is 3.41. The number of amides is 3. The third-order valence-electron chi connectivity index (χ3n) is 4.82. The molecule has 0 radical (unpaired) electrons. The molecule has 26 heavy (non-hydrogen) atoms. The highest BCUT2D eigenvalue weighted by molar-refractivity contribution is 5.89. The van der Waals surface area contributed by atoms with Gasteiger partial charge in [-0.05, 0) is 24.1 Å². The second kappa shape index (κ2) is 7.31. The topological polar surface area (TPSA) is 79.0 Å². The van der Waals surface area contributed by atoms with Crippen LogP contribution in [0.25, 0.3) is 0 Å². The number of cyclic esters (lactones) is 1.